The van der Waals surface area contributed by atoms with Crippen LogP contribution >= 0.6 is 0 Å². The lowest BCUT2D eigenvalue weighted by atomic mass is 9.46. The molecule has 0 aromatic rings. The Hall–Kier alpha value is -4.22. The Morgan fingerprint density at radius 3 is 1.01 bits per heavy atom. The summed E-state index contributed by atoms with van der Waals surface area (Å²) < 4.78 is 154. The minimum Gasteiger partial charge on any atom is -0.466 e. The molecule has 16 rings (SSSR count). The fourth-order valence-electron chi connectivity index (χ4n) is 26.7. The van der Waals surface area contributed by atoms with Gasteiger partial charge >= 0.3 is 55.1 Å². The first-order valence-corrected chi connectivity index (χ1v) is 41.6. The van der Waals surface area contributed by atoms with Crippen molar-refractivity contribution in [2.75, 3.05) is 26.4 Å². The summed E-state index contributed by atoms with van der Waals surface area (Å²) in [5.41, 5.74) is -12.0. The molecule has 10 saturated carbocycles. The van der Waals surface area contributed by atoms with E-state index in [1.807, 2.05) is 13.8 Å². The van der Waals surface area contributed by atoms with Crippen molar-refractivity contribution in [3.05, 3.63) is 23.7 Å². The van der Waals surface area contributed by atoms with E-state index >= 15 is 0 Å². The second kappa shape index (κ2) is 26.9. The van der Waals surface area contributed by atoms with E-state index in [1.165, 1.54) is 32.1 Å². The quantitative estimate of drug-likeness (QED) is 0.0838. The highest BCUT2D eigenvalue weighted by molar-refractivity contribution is 7.88. The molecule has 572 valence electrons. The molecule has 0 spiro atoms. The number of fused-ring (bicyclic) bond motifs is 20. The van der Waals surface area contributed by atoms with Gasteiger partial charge in [0.25, 0.3) is 0 Å². The Bertz CT molecular complexity index is 3470. The highest BCUT2D eigenvalue weighted by Gasteiger charge is 2.66. The zero-order valence-electron chi connectivity index (χ0n) is 61.1. The van der Waals surface area contributed by atoms with E-state index in [0.29, 0.717) is 154 Å². The molecule has 0 aromatic carbocycles. The minimum atomic E-state index is -5.66. The van der Waals surface area contributed by atoms with Crippen molar-refractivity contribution in [3.8, 4) is 0 Å². The van der Waals surface area contributed by atoms with Crippen molar-refractivity contribution in [3.63, 3.8) is 0 Å². The zero-order valence-corrected chi connectivity index (χ0v) is 62.7. The number of carbonyl (C=O) groups excluding carboxylic acids is 6. The van der Waals surface area contributed by atoms with Crippen LogP contribution in [0.25, 0.3) is 0 Å². The van der Waals surface area contributed by atoms with Gasteiger partial charge in [0, 0.05) is 60.2 Å². The predicted molar refractivity (Wildman–Crippen MR) is 361 cm³/mol. The van der Waals surface area contributed by atoms with Crippen molar-refractivity contribution >= 4 is 55.7 Å². The maximum absolute atomic E-state index is 12.8. The van der Waals surface area contributed by atoms with E-state index in [2.05, 4.69) is 49.9 Å². The van der Waals surface area contributed by atoms with Crippen molar-refractivity contribution < 1.29 is 99.3 Å². The molecule has 0 bridgehead atoms. The van der Waals surface area contributed by atoms with E-state index in [1.54, 1.807) is 12.2 Å². The number of esters is 4. The molecule has 4 heterocycles. The molecule has 0 unspecified atom stereocenters. The number of cyclic esters (lactones) is 4. The number of hydrogen-bond donors (Lipinski definition) is 0. The lowest BCUT2D eigenvalue weighted by Crippen LogP contribution is -2.52. The van der Waals surface area contributed by atoms with Crippen molar-refractivity contribution in [2.45, 2.75) is 259 Å². The molecular formula is C78H110F6O16S2. The molecule has 0 aromatic heterocycles. The smallest absolute Gasteiger partial charge is 0.466 e. The molecule has 16 nitrogen and oxygen atoms in total. The number of allylic oxidation sites excluding steroid dienone is 4. The molecule has 16 aliphatic rings. The Morgan fingerprint density at radius 2 is 0.667 bits per heavy atom. The van der Waals surface area contributed by atoms with Crippen LogP contribution in [-0.4, -0.2) is 89.7 Å². The molecule has 12 aliphatic carbocycles. The van der Waals surface area contributed by atoms with Crippen LogP contribution in [0, 0.1) is 138 Å². The number of ether oxygens (including phenoxy) is 4. The van der Waals surface area contributed by atoms with Gasteiger partial charge in [-0.2, -0.15) is 43.2 Å². The van der Waals surface area contributed by atoms with E-state index in [4.69, 9.17) is 18.9 Å². The molecule has 24 heteroatoms. The molecule has 0 radical (unpaired) electrons. The van der Waals surface area contributed by atoms with Gasteiger partial charge in [-0.3, -0.25) is 28.8 Å². The second-order valence-corrected chi connectivity index (χ2v) is 39.7. The van der Waals surface area contributed by atoms with Gasteiger partial charge in [-0.05, 0) is 283 Å². The van der Waals surface area contributed by atoms with Gasteiger partial charge in [-0.25, -0.2) is 0 Å². The monoisotopic (exact) mass is 1480 g/mol. The molecule has 102 heavy (non-hydrogen) atoms. The molecule has 14 fully saturated rings. The van der Waals surface area contributed by atoms with Crippen molar-refractivity contribution in [1.29, 1.82) is 0 Å². The summed E-state index contributed by atoms with van der Waals surface area (Å²) >= 11 is 0. The standard InChI is InChI=1S/2C20H27F3O5S.2C19H28O3/c1-18-10-8-17(24)27-11-12(18)3-4-13-14-5-6-16(19(14,2)9-7-15(13)18)28-29(25,26)20(21,22)23;1-18-9-10-27-17(24)11-12(18)3-4-13-14-5-6-16(19(14,2)8-7-15(13)18)28-29(25,26)20(21,22)23;1-18-10-8-17(21)22-11-12(18)3-4-13-14-5-6-16(20)19(14,2)9-7-15(13)18;1-18-9-10-22-17(21)11-12(18)3-4-13-14-5-6-16(20)19(14,2)8-7-15(13)18/h2*6,12-15H,3-5,7-11H2,1-2H3;2*12-15H,3-11H2,1-2H3/t4*12-,13-,14-,15-,18-,19-/m0000/s1. The third-order valence-corrected chi connectivity index (χ3v) is 34.9. The first-order valence-electron chi connectivity index (χ1n) is 38.8. The van der Waals surface area contributed by atoms with E-state index in [9.17, 15) is 71.9 Å². The number of ketones is 2. The molecule has 4 aliphatic heterocycles. The van der Waals surface area contributed by atoms with Gasteiger partial charge in [0.1, 0.15) is 23.1 Å². The number of Topliss-reactive ketones (excluding diaryl/α,β-unsaturated/α-hetero) is 2. The SMILES string of the molecule is C[C@]12CCC(=O)OC[C@@H]1CC[C@@H]1[C@@H]2CC[C@]2(C)C(=O)CC[C@@H]12.C[C@]12CCC(=O)OC[C@@H]1CC[C@@H]1[C@@H]2CC[C@]2(C)C(OS(=O)(=O)C(F)(F)F)=CC[C@@H]12.C[C@]12CCOC(=O)C[C@@H]1CC[C@@H]1[C@@H]2CC[C@]2(C)C(=O)CC[C@@H]12.C[C@]12CCOC(=O)C[C@@H]1CC[C@@H]1[C@@H]2CC[C@]2(C)C(OS(=O)(=O)C(F)(F)F)=CC[C@@H]12. The van der Waals surface area contributed by atoms with Crippen LogP contribution in [0.3, 0.4) is 0 Å². The normalized spacial score (nSPS) is 46.4. The Morgan fingerprint density at radius 1 is 0.353 bits per heavy atom. The first kappa shape index (κ1) is 76.0. The molecule has 24 atom stereocenters. The maximum atomic E-state index is 12.8. The lowest BCUT2D eigenvalue weighted by molar-refractivity contribution is -0.146. The summed E-state index contributed by atoms with van der Waals surface area (Å²) in [6.45, 7) is 19.5. The van der Waals surface area contributed by atoms with E-state index in [0.717, 1.165) is 109 Å². The highest BCUT2D eigenvalue weighted by atomic mass is 32.2. The van der Waals surface area contributed by atoms with Gasteiger partial charge in [0.2, 0.25) is 0 Å². The predicted octanol–water partition coefficient (Wildman–Crippen LogP) is 16.6. The minimum absolute atomic E-state index is 0.00358. The number of hydrogen-bond acceptors (Lipinski definition) is 16. The van der Waals surface area contributed by atoms with Crippen LogP contribution in [0.15, 0.2) is 23.7 Å². The van der Waals surface area contributed by atoms with Crippen LogP contribution in [0.4, 0.5) is 26.3 Å². The summed E-state index contributed by atoms with van der Waals surface area (Å²) in [5, 5.41) is 0. The van der Waals surface area contributed by atoms with Gasteiger partial charge < -0.3 is 27.3 Å². The number of carbonyl (C=O) groups is 6. The van der Waals surface area contributed by atoms with Crippen LogP contribution in [0.2, 0.25) is 0 Å². The van der Waals surface area contributed by atoms with Crippen LogP contribution in [0.5, 0.6) is 0 Å². The first-order chi connectivity index (χ1) is 47.7. The van der Waals surface area contributed by atoms with Crippen molar-refractivity contribution in [2.24, 2.45) is 138 Å². The van der Waals surface area contributed by atoms with Crippen LogP contribution in [0.1, 0.15) is 248 Å². The summed E-state index contributed by atoms with van der Waals surface area (Å²) in [4.78, 5) is 72.1. The Labute approximate surface area is 599 Å². The van der Waals surface area contributed by atoms with Crippen LogP contribution < -0.4 is 0 Å². The van der Waals surface area contributed by atoms with E-state index in [-0.39, 0.29) is 97.5 Å². The third-order valence-electron chi connectivity index (χ3n) is 32.9. The van der Waals surface area contributed by atoms with Crippen molar-refractivity contribution in [1.82, 2.24) is 0 Å². The highest BCUT2D eigenvalue weighted by Crippen LogP contribution is 2.70. The van der Waals surface area contributed by atoms with Gasteiger partial charge in [0.05, 0.1) is 26.4 Å². The second-order valence-electron chi connectivity index (χ2n) is 36.7. The fraction of sp³-hybridized carbons (Fsp3) is 0.872. The summed E-state index contributed by atoms with van der Waals surface area (Å²) in [7, 11) is -11.3. The molecule has 0 N–H and O–H groups in total. The summed E-state index contributed by atoms with van der Waals surface area (Å²) in [6, 6.07) is 0. The average Bonchev–Trinajstić information content (AvgIpc) is 1.56. The zero-order chi connectivity index (χ0) is 73.6. The van der Waals surface area contributed by atoms with Gasteiger partial charge in [0.15, 0.2) is 0 Å². The van der Waals surface area contributed by atoms with Crippen LogP contribution in [-0.2, 0) is 76.3 Å². The van der Waals surface area contributed by atoms with E-state index < -0.39 is 42.1 Å². The number of halogens is 6. The largest absolute Gasteiger partial charge is 0.534 e. The molecular weight excluding hydrogens is 1370 g/mol. The average molecular weight is 1480 g/mol. The Balaban J connectivity index is 0.000000122. The summed E-state index contributed by atoms with van der Waals surface area (Å²) in [6.07, 6.45) is 29.1. The van der Waals surface area contributed by atoms with Gasteiger partial charge in [-0.1, -0.05) is 55.4 Å². The Kier molecular flexibility index (Phi) is 20.0. The fourth-order valence-corrected chi connectivity index (χ4v) is 27.8. The summed E-state index contributed by atoms with van der Waals surface area (Å²) in [5.74, 6) is 7.50. The maximum Gasteiger partial charge on any atom is 0.534 e. The number of alkyl halides is 6. The topological polar surface area (TPSA) is 226 Å². The lowest BCUT2D eigenvalue weighted by Gasteiger charge is -2.58. The molecule has 0 amide bonds. The third kappa shape index (κ3) is 12.7. The number of rotatable bonds is 4. The van der Waals surface area contributed by atoms with Gasteiger partial charge in [-0.15, -0.1) is 0 Å². The molecule has 4 saturated heterocycles.